The number of hydrogen-bond donors (Lipinski definition) is 2. The SMILES string of the molecule is C=CCSCCNC(=O)c1cc2ccccc2c(Cl)c1NC(=O)c1cc(C(F)(F)F)nn1-c1ncccc1Cl. The van der Waals surface area contributed by atoms with E-state index in [1.54, 1.807) is 48.2 Å². The standard InChI is InChI=1S/C26H20Cl2F3N5O2S/c1-2-11-39-12-10-33-24(37)17-13-15-6-3-4-7-16(15)21(28)22(17)34-25(38)19-14-20(26(29,30)31)35-36(19)23-18(27)8-5-9-32-23/h2-9,13-14H,1,10-12H2,(H,33,37)(H,34,38). The number of benzene rings is 2. The Balaban J connectivity index is 1.76. The second-order valence-electron chi connectivity index (χ2n) is 8.04. The lowest BCUT2D eigenvalue weighted by Gasteiger charge is -2.16. The lowest BCUT2D eigenvalue weighted by atomic mass is 10.0. The minimum absolute atomic E-state index is 0.0264. The lowest BCUT2D eigenvalue weighted by molar-refractivity contribution is -0.141. The van der Waals surface area contributed by atoms with E-state index in [0.717, 1.165) is 0 Å². The number of rotatable bonds is 9. The fourth-order valence-corrected chi connectivity index (χ4v) is 4.76. The van der Waals surface area contributed by atoms with Crippen LogP contribution in [-0.2, 0) is 6.18 Å². The second-order valence-corrected chi connectivity index (χ2v) is 9.98. The molecule has 13 heteroatoms. The smallest absolute Gasteiger partial charge is 0.351 e. The van der Waals surface area contributed by atoms with Gasteiger partial charge < -0.3 is 10.6 Å². The van der Waals surface area contributed by atoms with Gasteiger partial charge in [0, 0.05) is 35.7 Å². The van der Waals surface area contributed by atoms with Crippen molar-refractivity contribution in [2.75, 3.05) is 23.4 Å². The van der Waals surface area contributed by atoms with E-state index in [1.165, 1.54) is 18.3 Å². The first kappa shape index (κ1) is 28.5. The summed E-state index contributed by atoms with van der Waals surface area (Å²) in [5, 5.41) is 10.0. The Labute approximate surface area is 235 Å². The number of nitrogens with one attached hydrogen (secondary N) is 2. The predicted octanol–water partition coefficient (Wildman–Crippen LogP) is 6.65. The maximum absolute atomic E-state index is 13.6. The number of carbonyl (C=O) groups excluding carboxylic acids is 2. The largest absolute Gasteiger partial charge is 0.435 e. The molecular weight excluding hydrogens is 574 g/mol. The third-order valence-electron chi connectivity index (χ3n) is 5.41. The fourth-order valence-electron chi connectivity index (χ4n) is 3.66. The first-order valence-electron chi connectivity index (χ1n) is 11.4. The highest BCUT2D eigenvalue weighted by Crippen LogP contribution is 2.36. The summed E-state index contributed by atoms with van der Waals surface area (Å²) >= 11 is 14.3. The zero-order valence-corrected chi connectivity index (χ0v) is 22.4. The summed E-state index contributed by atoms with van der Waals surface area (Å²) in [5.74, 6) is -0.376. The molecule has 2 aromatic carbocycles. The van der Waals surface area contributed by atoms with Crippen molar-refractivity contribution in [3.8, 4) is 5.82 Å². The van der Waals surface area contributed by atoms with Crippen molar-refractivity contribution in [2.45, 2.75) is 6.18 Å². The van der Waals surface area contributed by atoms with Gasteiger partial charge in [0.2, 0.25) is 0 Å². The van der Waals surface area contributed by atoms with Gasteiger partial charge in [-0.25, -0.2) is 9.67 Å². The summed E-state index contributed by atoms with van der Waals surface area (Å²) in [4.78, 5) is 30.6. The van der Waals surface area contributed by atoms with Gasteiger partial charge in [0.05, 0.1) is 21.3 Å². The monoisotopic (exact) mass is 593 g/mol. The first-order valence-corrected chi connectivity index (χ1v) is 13.3. The third kappa shape index (κ3) is 6.38. The van der Waals surface area contributed by atoms with Crippen LogP contribution >= 0.6 is 35.0 Å². The highest BCUT2D eigenvalue weighted by Gasteiger charge is 2.37. The molecule has 0 spiro atoms. The number of anilines is 1. The zero-order chi connectivity index (χ0) is 28.2. The van der Waals surface area contributed by atoms with Gasteiger partial charge in [-0.3, -0.25) is 9.59 Å². The predicted molar refractivity (Wildman–Crippen MR) is 148 cm³/mol. The van der Waals surface area contributed by atoms with Crippen molar-refractivity contribution >= 4 is 63.2 Å². The Morgan fingerprint density at radius 3 is 2.59 bits per heavy atom. The fraction of sp³-hybridized carbons (Fsp3) is 0.154. The molecule has 39 heavy (non-hydrogen) atoms. The van der Waals surface area contributed by atoms with Crippen molar-refractivity contribution in [2.24, 2.45) is 0 Å². The maximum atomic E-state index is 13.6. The molecule has 0 bridgehead atoms. The summed E-state index contributed by atoms with van der Waals surface area (Å²) in [5.41, 5.74) is -1.86. The Morgan fingerprint density at radius 1 is 1.10 bits per heavy atom. The van der Waals surface area contributed by atoms with Crippen LogP contribution in [0.15, 0.2) is 67.4 Å². The quantitative estimate of drug-likeness (QED) is 0.167. The summed E-state index contributed by atoms with van der Waals surface area (Å²) in [6.45, 7) is 3.97. The van der Waals surface area contributed by atoms with Crippen molar-refractivity contribution in [1.29, 1.82) is 0 Å². The number of hydrogen-bond acceptors (Lipinski definition) is 5. The molecule has 0 aliphatic heterocycles. The van der Waals surface area contributed by atoms with Crippen LogP contribution in [0.25, 0.3) is 16.6 Å². The minimum Gasteiger partial charge on any atom is -0.351 e. The summed E-state index contributed by atoms with van der Waals surface area (Å²) in [6, 6.07) is 11.9. The molecule has 0 aliphatic carbocycles. The minimum atomic E-state index is -4.85. The molecule has 0 aliphatic rings. The van der Waals surface area contributed by atoms with Crippen molar-refractivity contribution in [1.82, 2.24) is 20.1 Å². The highest BCUT2D eigenvalue weighted by molar-refractivity contribution is 7.99. The van der Waals surface area contributed by atoms with Crippen molar-refractivity contribution < 1.29 is 22.8 Å². The molecule has 2 aromatic heterocycles. The number of halogens is 5. The number of aromatic nitrogens is 3. The summed E-state index contributed by atoms with van der Waals surface area (Å²) in [6.07, 6.45) is -1.80. The molecule has 0 saturated carbocycles. The average Bonchev–Trinajstić information content (AvgIpc) is 3.36. The van der Waals surface area contributed by atoms with E-state index in [2.05, 4.69) is 27.3 Å². The molecule has 0 radical (unpaired) electrons. The molecule has 4 aromatic rings. The average molecular weight is 594 g/mol. The number of fused-ring (bicyclic) bond motifs is 1. The van der Waals surface area contributed by atoms with E-state index in [4.69, 9.17) is 23.2 Å². The van der Waals surface area contributed by atoms with E-state index in [9.17, 15) is 22.8 Å². The molecule has 0 atom stereocenters. The van der Waals surface area contributed by atoms with E-state index in [-0.39, 0.29) is 27.1 Å². The number of thioether (sulfide) groups is 1. The Kier molecular flexibility index (Phi) is 8.83. The summed E-state index contributed by atoms with van der Waals surface area (Å²) in [7, 11) is 0. The van der Waals surface area contributed by atoms with Gasteiger partial charge in [-0.05, 0) is 23.6 Å². The van der Waals surface area contributed by atoms with Gasteiger partial charge in [-0.2, -0.15) is 30.0 Å². The normalized spacial score (nSPS) is 11.4. The van der Waals surface area contributed by atoms with Crippen LogP contribution in [0.4, 0.5) is 18.9 Å². The van der Waals surface area contributed by atoms with Crippen LogP contribution in [-0.4, -0.2) is 44.6 Å². The molecule has 2 heterocycles. The number of carbonyl (C=O) groups is 2. The van der Waals surface area contributed by atoms with Crippen LogP contribution < -0.4 is 10.6 Å². The van der Waals surface area contributed by atoms with Crippen LogP contribution in [0.3, 0.4) is 0 Å². The topological polar surface area (TPSA) is 88.9 Å². The highest BCUT2D eigenvalue weighted by atomic mass is 35.5. The molecule has 2 amide bonds. The van der Waals surface area contributed by atoms with E-state index >= 15 is 0 Å². The molecule has 0 saturated heterocycles. The van der Waals surface area contributed by atoms with Crippen LogP contribution in [0.2, 0.25) is 10.0 Å². The Bertz CT molecular complexity index is 1560. The lowest BCUT2D eigenvalue weighted by Crippen LogP contribution is -2.28. The van der Waals surface area contributed by atoms with Crippen LogP contribution in [0.1, 0.15) is 26.5 Å². The van der Waals surface area contributed by atoms with Gasteiger partial charge >= 0.3 is 6.18 Å². The number of pyridine rings is 1. The van der Waals surface area contributed by atoms with Crippen LogP contribution in [0.5, 0.6) is 0 Å². The van der Waals surface area contributed by atoms with Gasteiger partial charge in [-0.1, -0.05) is 53.5 Å². The zero-order valence-electron chi connectivity index (χ0n) is 20.1. The molecule has 7 nitrogen and oxygen atoms in total. The van der Waals surface area contributed by atoms with Crippen LogP contribution in [0, 0.1) is 0 Å². The molecule has 0 fully saturated rings. The molecule has 0 unspecified atom stereocenters. The van der Waals surface area contributed by atoms with E-state index < -0.39 is 29.4 Å². The first-order chi connectivity index (χ1) is 18.6. The molecule has 202 valence electrons. The van der Waals surface area contributed by atoms with Gasteiger partial charge in [-0.15, -0.1) is 6.58 Å². The maximum Gasteiger partial charge on any atom is 0.435 e. The Morgan fingerprint density at radius 2 is 1.87 bits per heavy atom. The second kappa shape index (κ2) is 12.1. The van der Waals surface area contributed by atoms with Crippen molar-refractivity contribution in [3.63, 3.8) is 0 Å². The van der Waals surface area contributed by atoms with Gasteiger partial charge in [0.15, 0.2) is 11.5 Å². The summed E-state index contributed by atoms with van der Waals surface area (Å²) < 4.78 is 41.4. The molecule has 4 rings (SSSR count). The number of alkyl halides is 3. The molecule has 2 N–H and O–H groups in total. The van der Waals surface area contributed by atoms with Gasteiger partial charge in [0.25, 0.3) is 11.8 Å². The van der Waals surface area contributed by atoms with E-state index in [0.29, 0.717) is 39.6 Å². The number of nitrogens with zero attached hydrogens (tertiary/aromatic N) is 3. The van der Waals surface area contributed by atoms with Gasteiger partial charge in [0.1, 0.15) is 5.69 Å². The van der Waals surface area contributed by atoms with E-state index in [1.807, 2.05) is 0 Å². The third-order valence-corrected chi connectivity index (χ3v) is 7.06. The molecular formula is C26H20Cl2F3N5O2S. The Hall–Kier alpha value is -3.54. The number of amides is 2. The van der Waals surface area contributed by atoms with Crippen molar-refractivity contribution in [3.05, 3.63) is 94.4 Å².